The molecule has 27 heavy (non-hydrogen) atoms. The molecule has 1 aromatic carbocycles. The lowest BCUT2D eigenvalue weighted by atomic mass is 9.76. The fourth-order valence-corrected chi connectivity index (χ4v) is 3.18. The highest BCUT2D eigenvalue weighted by Gasteiger charge is 2.31. The molecular formula is C20H22F2N2O3. The number of rotatable bonds is 8. The Labute approximate surface area is 156 Å². The average Bonchev–Trinajstić information content (AvgIpc) is 2.63. The van der Waals surface area contributed by atoms with Crippen LogP contribution in [0.2, 0.25) is 0 Å². The third-order valence-corrected chi connectivity index (χ3v) is 4.71. The number of halogens is 2. The molecule has 1 aliphatic rings. The summed E-state index contributed by atoms with van der Waals surface area (Å²) in [5.74, 6) is 0.214. The first kappa shape index (κ1) is 19.2. The molecule has 0 radical (unpaired) electrons. The molecule has 0 spiro atoms. The van der Waals surface area contributed by atoms with Gasteiger partial charge in [-0.3, -0.25) is 9.59 Å². The van der Waals surface area contributed by atoms with E-state index in [0.717, 1.165) is 12.8 Å². The Bertz CT molecular complexity index is 817. The molecule has 1 aromatic heterocycles. The van der Waals surface area contributed by atoms with Gasteiger partial charge in [0.05, 0.1) is 12.2 Å². The molecule has 0 bridgehead atoms. The van der Waals surface area contributed by atoms with E-state index in [1.807, 2.05) is 18.2 Å². The highest BCUT2D eigenvalue weighted by molar-refractivity contribution is 5.94. The topological polar surface area (TPSA) is 60.3 Å². The van der Waals surface area contributed by atoms with Crippen LogP contribution in [0.25, 0.3) is 0 Å². The molecule has 5 nitrogen and oxygen atoms in total. The van der Waals surface area contributed by atoms with Crippen molar-refractivity contribution >= 4 is 5.91 Å². The number of carbonyl (C=O) groups is 1. The molecule has 1 N–H and O–H groups in total. The van der Waals surface area contributed by atoms with E-state index in [4.69, 9.17) is 4.74 Å². The summed E-state index contributed by atoms with van der Waals surface area (Å²) in [6.07, 6.45) is 0.672. The normalized spacial score (nSPS) is 18.9. The molecule has 0 aliphatic heterocycles. The third kappa shape index (κ3) is 5.23. The summed E-state index contributed by atoms with van der Waals surface area (Å²) in [5.41, 5.74) is 1.34. The zero-order valence-electron chi connectivity index (χ0n) is 14.8. The number of ether oxygens (including phenoxy) is 1. The molecule has 7 heteroatoms. The minimum atomic E-state index is -2.54. The predicted molar refractivity (Wildman–Crippen MR) is 97.2 cm³/mol. The maximum absolute atomic E-state index is 12.4. The van der Waals surface area contributed by atoms with Crippen LogP contribution >= 0.6 is 0 Å². The first-order valence-corrected chi connectivity index (χ1v) is 8.95. The average molecular weight is 376 g/mol. The van der Waals surface area contributed by atoms with E-state index >= 15 is 0 Å². The lowest BCUT2D eigenvalue weighted by molar-refractivity contribution is 0.0145. The molecule has 1 amide bonds. The zero-order valence-corrected chi connectivity index (χ0v) is 14.8. The lowest BCUT2D eigenvalue weighted by Crippen LogP contribution is -2.43. The predicted octanol–water partition coefficient (Wildman–Crippen LogP) is 2.81. The Hall–Kier alpha value is -2.54. The fourth-order valence-electron chi connectivity index (χ4n) is 3.18. The maximum atomic E-state index is 12.4. The summed E-state index contributed by atoms with van der Waals surface area (Å²) in [4.78, 5) is 24.3. The first-order chi connectivity index (χ1) is 13.0. The summed E-state index contributed by atoms with van der Waals surface area (Å²) in [5, 5.41) is 2.98. The Morgan fingerprint density at radius 1 is 1.19 bits per heavy atom. The molecule has 1 fully saturated rings. The van der Waals surface area contributed by atoms with Gasteiger partial charge < -0.3 is 14.6 Å². The monoisotopic (exact) mass is 376 g/mol. The van der Waals surface area contributed by atoms with Crippen molar-refractivity contribution in [3.8, 4) is 0 Å². The van der Waals surface area contributed by atoms with Gasteiger partial charge in [-0.1, -0.05) is 30.3 Å². The van der Waals surface area contributed by atoms with Gasteiger partial charge in [0.15, 0.2) is 0 Å². The second-order valence-corrected chi connectivity index (χ2v) is 6.66. The van der Waals surface area contributed by atoms with E-state index in [9.17, 15) is 18.4 Å². The molecule has 1 heterocycles. The van der Waals surface area contributed by atoms with Crippen molar-refractivity contribution in [1.82, 2.24) is 9.88 Å². The lowest BCUT2D eigenvalue weighted by Gasteiger charge is -2.36. The largest absolute Gasteiger partial charge is 0.374 e. The molecule has 2 aromatic rings. The van der Waals surface area contributed by atoms with Crippen LogP contribution in [-0.2, 0) is 11.3 Å². The highest BCUT2D eigenvalue weighted by Crippen LogP contribution is 2.36. The molecule has 0 atom stereocenters. The van der Waals surface area contributed by atoms with Crippen LogP contribution in [0.1, 0.15) is 34.7 Å². The van der Waals surface area contributed by atoms with E-state index in [0.29, 0.717) is 11.5 Å². The summed E-state index contributed by atoms with van der Waals surface area (Å²) < 4.78 is 30.2. The van der Waals surface area contributed by atoms with Gasteiger partial charge in [0.2, 0.25) is 0 Å². The van der Waals surface area contributed by atoms with E-state index in [1.54, 1.807) is 0 Å². The van der Waals surface area contributed by atoms with Crippen molar-refractivity contribution in [2.75, 3.05) is 13.2 Å². The van der Waals surface area contributed by atoms with Gasteiger partial charge in [0.25, 0.3) is 17.9 Å². The minimum absolute atomic E-state index is 0.0172. The number of alkyl halides is 2. The number of nitrogens with one attached hydrogen (secondary N) is 1. The van der Waals surface area contributed by atoms with Crippen LogP contribution in [0.3, 0.4) is 0 Å². The minimum Gasteiger partial charge on any atom is -0.374 e. The number of aromatic nitrogens is 1. The highest BCUT2D eigenvalue weighted by atomic mass is 19.3. The van der Waals surface area contributed by atoms with Crippen LogP contribution in [0.15, 0.2) is 53.5 Å². The van der Waals surface area contributed by atoms with Gasteiger partial charge in [0, 0.05) is 24.8 Å². The summed E-state index contributed by atoms with van der Waals surface area (Å²) >= 11 is 0. The molecule has 144 valence electrons. The van der Waals surface area contributed by atoms with Crippen molar-refractivity contribution in [2.45, 2.75) is 37.8 Å². The van der Waals surface area contributed by atoms with Gasteiger partial charge in [0.1, 0.15) is 6.61 Å². The van der Waals surface area contributed by atoms with E-state index in [2.05, 4.69) is 17.4 Å². The number of benzene rings is 1. The molecule has 0 unspecified atom stereocenters. The van der Waals surface area contributed by atoms with Gasteiger partial charge in [-0.25, -0.2) is 8.78 Å². The summed E-state index contributed by atoms with van der Waals surface area (Å²) in [6, 6.07) is 13.1. The van der Waals surface area contributed by atoms with Gasteiger partial charge >= 0.3 is 0 Å². The van der Waals surface area contributed by atoms with E-state index < -0.39 is 13.0 Å². The van der Waals surface area contributed by atoms with Crippen molar-refractivity contribution < 1.29 is 18.3 Å². The standard InChI is InChI=1S/C20H22F2N2O3/c21-18(22)13-27-9-8-24-12-15(6-7-19(24)25)20(26)23-17-10-16(11-17)14-4-2-1-3-5-14/h1-7,12,16-18H,8-11,13H2,(H,23,26). The van der Waals surface area contributed by atoms with Crippen molar-refractivity contribution in [3.05, 3.63) is 70.1 Å². The van der Waals surface area contributed by atoms with E-state index in [1.165, 1.54) is 28.5 Å². The summed E-state index contributed by atoms with van der Waals surface area (Å²) in [6.45, 7) is -0.567. The number of pyridine rings is 1. The number of amides is 1. The molecule has 0 saturated heterocycles. The molecule has 1 aliphatic carbocycles. The van der Waals surface area contributed by atoms with Crippen molar-refractivity contribution in [2.24, 2.45) is 0 Å². The fraction of sp³-hybridized carbons (Fsp3) is 0.400. The zero-order chi connectivity index (χ0) is 19.2. The van der Waals surface area contributed by atoms with Crippen molar-refractivity contribution in [1.29, 1.82) is 0 Å². The summed E-state index contributed by atoms with van der Waals surface area (Å²) in [7, 11) is 0. The number of hydrogen-bond donors (Lipinski definition) is 1. The quantitative estimate of drug-likeness (QED) is 0.721. The van der Waals surface area contributed by atoms with Crippen LogP contribution in [0.5, 0.6) is 0 Å². The van der Waals surface area contributed by atoms with Crippen LogP contribution < -0.4 is 10.9 Å². The van der Waals surface area contributed by atoms with Crippen LogP contribution in [0, 0.1) is 0 Å². The Balaban J connectivity index is 1.51. The maximum Gasteiger partial charge on any atom is 0.261 e. The van der Waals surface area contributed by atoms with Crippen molar-refractivity contribution in [3.63, 3.8) is 0 Å². The first-order valence-electron chi connectivity index (χ1n) is 8.95. The second-order valence-electron chi connectivity index (χ2n) is 6.66. The van der Waals surface area contributed by atoms with Gasteiger partial charge in [-0.15, -0.1) is 0 Å². The third-order valence-electron chi connectivity index (χ3n) is 4.71. The van der Waals surface area contributed by atoms with Crippen LogP contribution in [0.4, 0.5) is 8.78 Å². The molecular weight excluding hydrogens is 354 g/mol. The Kier molecular flexibility index (Phi) is 6.34. The van der Waals surface area contributed by atoms with Gasteiger partial charge in [-0.05, 0) is 30.4 Å². The SMILES string of the molecule is O=C(NC1CC(c2ccccc2)C1)c1ccc(=O)n(CCOCC(F)F)c1. The number of hydrogen-bond acceptors (Lipinski definition) is 3. The Morgan fingerprint density at radius 3 is 2.63 bits per heavy atom. The van der Waals surface area contributed by atoms with Gasteiger partial charge in [-0.2, -0.15) is 0 Å². The molecule has 1 saturated carbocycles. The Morgan fingerprint density at radius 2 is 1.93 bits per heavy atom. The van der Waals surface area contributed by atoms with Crippen LogP contribution in [-0.4, -0.2) is 36.2 Å². The number of nitrogens with zero attached hydrogens (tertiary/aromatic N) is 1. The smallest absolute Gasteiger partial charge is 0.261 e. The number of carbonyl (C=O) groups excluding carboxylic acids is 1. The van der Waals surface area contributed by atoms with E-state index in [-0.39, 0.29) is 30.7 Å². The molecule has 3 rings (SSSR count). The second kappa shape index (κ2) is 8.90.